The Morgan fingerprint density at radius 1 is 0.317 bits per heavy atom. The lowest BCUT2D eigenvalue weighted by molar-refractivity contribution is 0.330. The number of benzene rings is 10. The SMILES string of the molecule is Oc1c(O)c(O)c(-c2ccc(N(c3ccc(-c4ccccc4-n4c5ccccc5c5ccccc54)cc3)c3ccc(-c4cc5ccccc5c5ccccc45)cc3)cc2)c(O)c1O. The van der Waals surface area contributed by atoms with E-state index in [2.05, 4.69) is 185 Å². The van der Waals surface area contributed by atoms with Crippen LogP contribution in [0.2, 0.25) is 0 Å². The van der Waals surface area contributed by atoms with E-state index in [1.165, 1.54) is 32.3 Å². The van der Waals surface area contributed by atoms with Crippen molar-refractivity contribution in [2.24, 2.45) is 0 Å². The van der Waals surface area contributed by atoms with Crippen molar-refractivity contribution in [3.05, 3.63) is 200 Å². The van der Waals surface area contributed by atoms with E-state index in [0.717, 1.165) is 56.0 Å². The van der Waals surface area contributed by atoms with E-state index in [0.29, 0.717) is 5.56 Å². The average molecular weight is 819 g/mol. The van der Waals surface area contributed by atoms with Gasteiger partial charge in [-0.05, 0) is 104 Å². The summed E-state index contributed by atoms with van der Waals surface area (Å²) in [7, 11) is 0. The van der Waals surface area contributed by atoms with Crippen LogP contribution >= 0.6 is 0 Å². The fraction of sp³-hybridized carbons (Fsp3) is 0. The van der Waals surface area contributed by atoms with E-state index in [9.17, 15) is 25.5 Å². The maximum Gasteiger partial charge on any atom is 0.208 e. The van der Waals surface area contributed by atoms with Gasteiger partial charge in [0.15, 0.2) is 11.5 Å². The fourth-order valence-corrected chi connectivity index (χ4v) is 9.15. The van der Waals surface area contributed by atoms with Crippen molar-refractivity contribution in [1.82, 2.24) is 4.57 Å². The van der Waals surface area contributed by atoms with E-state index in [-0.39, 0.29) is 5.56 Å². The molecule has 0 saturated heterocycles. The Bertz CT molecular complexity index is 3480. The van der Waals surface area contributed by atoms with Crippen LogP contribution in [0.4, 0.5) is 17.1 Å². The van der Waals surface area contributed by atoms with E-state index in [1.54, 1.807) is 12.1 Å². The Hall–Kier alpha value is -8.68. The first-order valence-corrected chi connectivity index (χ1v) is 20.6. The molecule has 7 heteroatoms. The van der Waals surface area contributed by atoms with Gasteiger partial charge < -0.3 is 35.0 Å². The van der Waals surface area contributed by atoms with Crippen molar-refractivity contribution >= 4 is 60.4 Å². The number of hydrogen-bond acceptors (Lipinski definition) is 6. The summed E-state index contributed by atoms with van der Waals surface area (Å²) in [6, 6.07) is 68.7. The minimum absolute atomic E-state index is 0.209. The van der Waals surface area contributed by atoms with Crippen LogP contribution in [-0.4, -0.2) is 30.1 Å². The highest BCUT2D eigenvalue weighted by Crippen LogP contribution is 2.55. The van der Waals surface area contributed by atoms with Gasteiger partial charge in [0.25, 0.3) is 0 Å². The van der Waals surface area contributed by atoms with Gasteiger partial charge in [0.1, 0.15) is 0 Å². The third kappa shape index (κ3) is 6.05. The lowest BCUT2D eigenvalue weighted by atomic mass is 9.93. The van der Waals surface area contributed by atoms with Crippen LogP contribution in [0.1, 0.15) is 0 Å². The number of hydrogen-bond donors (Lipinski definition) is 5. The van der Waals surface area contributed by atoms with Crippen molar-refractivity contribution in [2.45, 2.75) is 0 Å². The molecule has 11 rings (SSSR count). The number of fused-ring (bicyclic) bond motifs is 6. The Morgan fingerprint density at radius 2 is 0.730 bits per heavy atom. The number of anilines is 3. The minimum Gasteiger partial charge on any atom is -0.504 e. The molecule has 302 valence electrons. The topological polar surface area (TPSA) is 109 Å². The molecule has 0 bridgehead atoms. The molecule has 1 heterocycles. The van der Waals surface area contributed by atoms with Crippen LogP contribution in [0.15, 0.2) is 200 Å². The number of aromatic hydroxyl groups is 5. The molecule has 1 aromatic heterocycles. The molecule has 11 aromatic rings. The van der Waals surface area contributed by atoms with Gasteiger partial charge in [-0.25, -0.2) is 0 Å². The lowest BCUT2D eigenvalue weighted by Gasteiger charge is -2.26. The zero-order chi connectivity index (χ0) is 42.8. The molecule has 0 fully saturated rings. The molecule has 0 aliphatic carbocycles. The number of phenolic OH excluding ortho intramolecular Hbond substituents is 5. The summed E-state index contributed by atoms with van der Waals surface area (Å²) in [5, 5.41) is 59.2. The number of aromatic nitrogens is 1. The molecule has 0 amide bonds. The van der Waals surface area contributed by atoms with Crippen molar-refractivity contribution in [1.29, 1.82) is 0 Å². The molecule has 7 nitrogen and oxygen atoms in total. The molecule has 0 saturated carbocycles. The summed E-state index contributed by atoms with van der Waals surface area (Å²) < 4.78 is 2.34. The number of nitrogens with zero attached hydrogens (tertiary/aromatic N) is 2. The molecule has 0 radical (unpaired) electrons. The maximum absolute atomic E-state index is 10.7. The first-order valence-electron chi connectivity index (χ1n) is 20.6. The molecule has 0 spiro atoms. The van der Waals surface area contributed by atoms with E-state index in [1.807, 2.05) is 12.1 Å². The van der Waals surface area contributed by atoms with E-state index >= 15 is 0 Å². The van der Waals surface area contributed by atoms with Crippen LogP contribution in [0, 0.1) is 0 Å². The molecule has 63 heavy (non-hydrogen) atoms. The first kappa shape index (κ1) is 37.3. The van der Waals surface area contributed by atoms with Gasteiger partial charge in [0.05, 0.1) is 22.3 Å². The first-order chi connectivity index (χ1) is 30.9. The Labute approximate surface area is 362 Å². The van der Waals surface area contributed by atoms with Crippen molar-refractivity contribution in [3.63, 3.8) is 0 Å². The molecular weight excluding hydrogens is 781 g/mol. The molecule has 10 aromatic carbocycles. The summed E-state index contributed by atoms with van der Waals surface area (Å²) in [4.78, 5) is 2.13. The Kier molecular flexibility index (Phi) is 8.77. The van der Waals surface area contributed by atoms with Gasteiger partial charge in [-0.2, -0.15) is 0 Å². The van der Waals surface area contributed by atoms with Gasteiger partial charge in [-0.1, -0.05) is 140 Å². The summed E-state index contributed by atoms with van der Waals surface area (Å²) in [5.74, 6) is -4.35. The Balaban J connectivity index is 1.03. The summed E-state index contributed by atoms with van der Waals surface area (Å²) in [6.45, 7) is 0. The summed E-state index contributed by atoms with van der Waals surface area (Å²) in [6.07, 6.45) is 0. The number of phenols is 5. The predicted octanol–water partition coefficient (Wildman–Crippen LogP) is 14.1. The molecule has 0 aliphatic heterocycles. The second-order valence-electron chi connectivity index (χ2n) is 15.7. The predicted molar refractivity (Wildman–Crippen MR) is 255 cm³/mol. The lowest BCUT2D eigenvalue weighted by Crippen LogP contribution is -2.10. The smallest absolute Gasteiger partial charge is 0.208 e. The average Bonchev–Trinajstić information content (AvgIpc) is 3.68. The van der Waals surface area contributed by atoms with Crippen LogP contribution < -0.4 is 4.90 Å². The molecule has 0 unspecified atom stereocenters. The van der Waals surface area contributed by atoms with Crippen LogP contribution in [0.25, 0.3) is 82.4 Å². The molecule has 5 N–H and O–H groups in total. The summed E-state index contributed by atoms with van der Waals surface area (Å²) >= 11 is 0. The largest absolute Gasteiger partial charge is 0.504 e. The highest BCUT2D eigenvalue weighted by molar-refractivity contribution is 6.14. The zero-order valence-electron chi connectivity index (χ0n) is 33.7. The minimum atomic E-state index is -1.00. The number of rotatable bonds is 7. The highest BCUT2D eigenvalue weighted by atomic mass is 16.4. The molecule has 0 aliphatic rings. The Morgan fingerprint density at radius 3 is 1.30 bits per heavy atom. The number of para-hydroxylation sites is 3. The van der Waals surface area contributed by atoms with Gasteiger partial charge in [-0.3, -0.25) is 0 Å². The van der Waals surface area contributed by atoms with Gasteiger partial charge in [0.2, 0.25) is 17.2 Å². The van der Waals surface area contributed by atoms with Crippen LogP contribution in [-0.2, 0) is 0 Å². The van der Waals surface area contributed by atoms with Crippen molar-refractivity contribution < 1.29 is 25.5 Å². The van der Waals surface area contributed by atoms with E-state index < -0.39 is 28.7 Å². The standard InChI is InChI=1S/C56H38N2O5/c59-52-51(53(60)55(62)56(63)54(52)61)36-25-31-40(32-26-36)57(39-29-23-35(24-30-39)47-33-37-11-1-2-12-41(37)43-14-3-4-15-44(43)47)38-27-21-34(22-28-38)42-13-5-8-18-48(42)58-49-19-9-6-16-45(49)46-17-7-10-20-50(46)58/h1-33,59-63H. The zero-order valence-corrected chi connectivity index (χ0v) is 33.7. The van der Waals surface area contributed by atoms with Gasteiger partial charge in [0, 0.05) is 33.4 Å². The second kappa shape index (κ2) is 14.8. The van der Waals surface area contributed by atoms with E-state index in [4.69, 9.17) is 0 Å². The van der Waals surface area contributed by atoms with Crippen molar-refractivity contribution in [3.8, 4) is 67.8 Å². The fourth-order valence-electron chi connectivity index (χ4n) is 9.15. The third-order valence-electron chi connectivity index (χ3n) is 12.2. The second-order valence-corrected chi connectivity index (χ2v) is 15.7. The van der Waals surface area contributed by atoms with Crippen molar-refractivity contribution in [2.75, 3.05) is 4.90 Å². The monoisotopic (exact) mass is 818 g/mol. The summed E-state index contributed by atoms with van der Waals surface area (Å²) in [5.41, 5.74) is 10.3. The van der Waals surface area contributed by atoms with Gasteiger partial charge in [-0.15, -0.1) is 0 Å². The molecular formula is C56H38N2O5. The third-order valence-corrected chi connectivity index (χ3v) is 12.2. The van der Waals surface area contributed by atoms with Crippen LogP contribution in [0.3, 0.4) is 0 Å². The molecule has 0 atom stereocenters. The van der Waals surface area contributed by atoms with Gasteiger partial charge >= 0.3 is 0 Å². The van der Waals surface area contributed by atoms with Crippen LogP contribution in [0.5, 0.6) is 28.7 Å². The maximum atomic E-state index is 10.7. The quantitative estimate of drug-likeness (QED) is 0.0622. The highest BCUT2D eigenvalue weighted by Gasteiger charge is 2.25. The normalized spacial score (nSPS) is 11.5.